The third-order valence-electron chi connectivity index (χ3n) is 4.98. The number of amides is 1. The number of hydrogen-bond acceptors (Lipinski definition) is 4. The van der Waals surface area contributed by atoms with E-state index < -0.39 is 6.04 Å². The Hall–Kier alpha value is -2.44. The SMILES string of the molecule is Cc1nn(C)c(C)c1-c1ccc(=O)n([C@H](C)C(=O)N2CCCCC2)n1. The van der Waals surface area contributed by atoms with Crippen LogP contribution in [-0.4, -0.2) is 43.5 Å². The van der Waals surface area contributed by atoms with E-state index in [1.54, 1.807) is 17.7 Å². The summed E-state index contributed by atoms with van der Waals surface area (Å²) in [7, 11) is 1.88. The van der Waals surface area contributed by atoms with Gasteiger partial charge in [0.2, 0.25) is 5.91 Å². The highest BCUT2D eigenvalue weighted by Crippen LogP contribution is 2.24. The average Bonchev–Trinajstić information content (AvgIpc) is 2.87. The van der Waals surface area contributed by atoms with Crippen LogP contribution in [0.4, 0.5) is 0 Å². The third-order valence-corrected chi connectivity index (χ3v) is 4.98. The Labute approximate surface area is 147 Å². The number of carbonyl (C=O) groups is 1. The van der Waals surface area contributed by atoms with Crippen molar-refractivity contribution in [3.05, 3.63) is 33.9 Å². The standard InChI is InChI=1S/C18H25N5O2/c1-12-17(13(2)21(4)19-12)15-8-9-16(24)23(20-15)14(3)18(25)22-10-6-5-7-11-22/h8-9,14H,5-7,10-11H2,1-4H3/t14-/m1/s1. The van der Waals surface area contributed by atoms with Crippen LogP contribution in [0, 0.1) is 13.8 Å². The normalized spacial score (nSPS) is 16.1. The van der Waals surface area contributed by atoms with E-state index in [9.17, 15) is 9.59 Å². The molecule has 7 heteroatoms. The zero-order valence-corrected chi connectivity index (χ0v) is 15.3. The Balaban J connectivity index is 1.96. The van der Waals surface area contributed by atoms with E-state index >= 15 is 0 Å². The second-order valence-corrected chi connectivity index (χ2v) is 6.73. The van der Waals surface area contributed by atoms with Gasteiger partial charge in [0.1, 0.15) is 6.04 Å². The van der Waals surface area contributed by atoms with E-state index in [0.29, 0.717) is 5.69 Å². The van der Waals surface area contributed by atoms with Gasteiger partial charge >= 0.3 is 0 Å². The molecule has 0 spiro atoms. The quantitative estimate of drug-likeness (QED) is 0.852. The van der Waals surface area contributed by atoms with E-state index in [2.05, 4.69) is 10.2 Å². The molecule has 1 saturated heterocycles. The number of hydrogen-bond donors (Lipinski definition) is 0. The van der Waals surface area contributed by atoms with Crippen LogP contribution in [0.25, 0.3) is 11.3 Å². The Kier molecular flexibility index (Phi) is 4.74. The molecule has 1 aliphatic rings. The summed E-state index contributed by atoms with van der Waals surface area (Å²) < 4.78 is 3.10. The molecule has 25 heavy (non-hydrogen) atoms. The van der Waals surface area contributed by atoms with E-state index in [-0.39, 0.29) is 11.5 Å². The topological polar surface area (TPSA) is 73.0 Å². The lowest BCUT2D eigenvalue weighted by Gasteiger charge is -2.29. The molecular formula is C18H25N5O2. The first-order valence-corrected chi connectivity index (χ1v) is 8.79. The lowest BCUT2D eigenvalue weighted by molar-refractivity contribution is -0.135. The molecule has 0 aromatic carbocycles. The van der Waals surface area contributed by atoms with Crippen molar-refractivity contribution >= 4 is 5.91 Å². The fourth-order valence-electron chi connectivity index (χ4n) is 3.46. The van der Waals surface area contributed by atoms with Crippen molar-refractivity contribution in [1.82, 2.24) is 24.5 Å². The van der Waals surface area contributed by atoms with Crippen molar-refractivity contribution in [2.45, 2.75) is 46.1 Å². The number of piperidine rings is 1. The van der Waals surface area contributed by atoms with Crippen LogP contribution in [0.5, 0.6) is 0 Å². The molecule has 0 saturated carbocycles. The largest absolute Gasteiger partial charge is 0.341 e. The fraction of sp³-hybridized carbons (Fsp3) is 0.556. The summed E-state index contributed by atoms with van der Waals surface area (Å²) in [6.07, 6.45) is 3.20. The lowest BCUT2D eigenvalue weighted by Crippen LogP contribution is -2.42. The van der Waals surface area contributed by atoms with Gasteiger partial charge in [-0.05, 0) is 46.1 Å². The van der Waals surface area contributed by atoms with Gasteiger partial charge in [-0.3, -0.25) is 14.3 Å². The molecule has 2 aromatic rings. The van der Waals surface area contributed by atoms with Crippen LogP contribution in [0.1, 0.15) is 43.6 Å². The molecule has 0 unspecified atom stereocenters. The molecule has 0 radical (unpaired) electrons. The number of likely N-dealkylation sites (tertiary alicyclic amines) is 1. The van der Waals surface area contributed by atoms with Crippen molar-refractivity contribution < 1.29 is 4.79 Å². The fourth-order valence-corrected chi connectivity index (χ4v) is 3.46. The summed E-state index contributed by atoms with van der Waals surface area (Å²) in [5.41, 5.74) is 3.15. The van der Waals surface area contributed by atoms with Crippen molar-refractivity contribution in [3.63, 3.8) is 0 Å². The smallest absolute Gasteiger partial charge is 0.267 e. The van der Waals surface area contributed by atoms with E-state index in [1.807, 2.05) is 25.8 Å². The zero-order chi connectivity index (χ0) is 18.1. The Morgan fingerprint density at radius 2 is 1.80 bits per heavy atom. The molecule has 1 fully saturated rings. The highest BCUT2D eigenvalue weighted by molar-refractivity contribution is 5.80. The van der Waals surface area contributed by atoms with Gasteiger partial charge in [-0.25, -0.2) is 4.68 Å². The Morgan fingerprint density at radius 3 is 2.40 bits per heavy atom. The second-order valence-electron chi connectivity index (χ2n) is 6.73. The summed E-state index contributed by atoms with van der Waals surface area (Å²) in [5, 5.41) is 8.90. The van der Waals surface area contributed by atoms with Crippen LogP contribution in [-0.2, 0) is 11.8 Å². The minimum atomic E-state index is -0.608. The first kappa shape index (κ1) is 17.4. The molecule has 0 N–H and O–H groups in total. The van der Waals surface area contributed by atoms with Gasteiger partial charge in [0.25, 0.3) is 5.56 Å². The molecule has 1 atom stereocenters. The number of aryl methyl sites for hydroxylation is 2. The molecule has 7 nitrogen and oxygen atoms in total. The van der Waals surface area contributed by atoms with Gasteiger partial charge < -0.3 is 4.90 Å². The number of rotatable bonds is 3. The van der Waals surface area contributed by atoms with Crippen LogP contribution < -0.4 is 5.56 Å². The predicted molar refractivity (Wildman–Crippen MR) is 95.3 cm³/mol. The number of nitrogens with zero attached hydrogens (tertiary/aromatic N) is 5. The van der Waals surface area contributed by atoms with Crippen molar-refractivity contribution in [2.24, 2.45) is 7.05 Å². The molecule has 3 rings (SSSR count). The molecule has 2 aromatic heterocycles. The van der Waals surface area contributed by atoms with Gasteiger partial charge in [-0.2, -0.15) is 10.2 Å². The Bertz CT molecular complexity index is 846. The molecular weight excluding hydrogens is 318 g/mol. The first-order chi connectivity index (χ1) is 11.9. The summed E-state index contributed by atoms with van der Waals surface area (Å²) >= 11 is 0. The van der Waals surface area contributed by atoms with Gasteiger partial charge in [0, 0.05) is 37.5 Å². The number of carbonyl (C=O) groups excluding carboxylic acids is 1. The van der Waals surface area contributed by atoms with Gasteiger partial charge in [-0.15, -0.1) is 0 Å². The van der Waals surface area contributed by atoms with Crippen LogP contribution in [0.15, 0.2) is 16.9 Å². The summed E-state index contributed by atoms with van der Waals surface area (Å²) in [6, 6.07) is 2.57. The number of aromatic nitrogens is 4. The molecule has 134 valence electrons. The van der Waals surface area contributed by atoms with E-state index in [0.717, 1.165) is 49.3 Å². The third kappa shape index (κ3) is 3.23. The average molecular weight is 343 g/mol. The maximum Gasteiger partial charge on any atom is 0.267 e. The minimum Gasteiger partial charge on any atom is -0.341 e. The van der Waals surface area contributed by atoms with Gasteiger partial charge in [-0.1, -0.05) is 0 Å². The molecule has 0 aliphatic carbocycles. The van der Waals surface area contributed by atoms with Crippen molar-refractivity contribution in [3.8, 4) is 11.3 Å². The molecule has 1 aliphatic heterocycles. The lowest BCUT2D eigenvalue weighted by atomic mass is 10.1. The van der Waals surface area contributed by atoms with E-state index in [4.69, 9.17) is 0 Å². The first-order valence-electron chi connectivity index (χ1n) is 8.79. The minimum absolute atomic E-state index is 0.0360. The highest BCUT2D eigenvalue weighted by atomic mass is 16.2. The van der Waals surface area contributed by atoms with Crippen LogP contribution >= 0.6 is 0 Å². The summed E-state index contributed by atoms with van der Waals surface area (Å²) in [5.74, 6) is -0.0360. The maximum atomic E-state index is 12.7. The van der Waals surface area contributed by atoms with Crippen molar-refractivity contribution in [1.29, 1.82) is 0 Å². The van der Waals surface area contributed by atoms with Crippen LogP contribution in [0.3, 0.4) is 0 Å². The Morgan fingerprint density at radius 1 is 1.12 bits per heavy atom. The zero-order valence-electron chi connectivity index (χ0n) is 15.3. The van der Waals surface area contributed by atoms with Crippen molar-refractivity contribution in [2.75, 3.05) is 13.1 Å². The molecule has 1 amide bonds. The highest BCUT2D eigenvalue weighted by Gasteiger charge is 2.25. The molecule has 0 bridgehead atoms. The summed E-state index contributed by atoms with van der Waals surface area (Å²) in [6.45, 7) is 7.16. The summed E-state index contributed by atoms with van der Waals surface area (Å²) in [4.78, 5) is 26.9. The predicted octanol–water partition coefficient (Wildman–Crippen LogP) is 1.83. The molecule has 3 heterocycles. The maximum absolute atomic E-state index is 12.7. The van der Waals surface area contributed by atoms with Gasteiger partial charge in [0.15, 0.2) is 0 Å². The van der Waals surface area contributed by atoms with Gasteiger partial charge in [0.05, 0.1) is 11.4 Å². The second kappa shape index (κ2) is 6.82. The van der Waals surface area contributed by atoms with E-state index in [1.165, 1.54) is 10.7 Å². The van der Waals surface area contributed by atoms with Crippen LogP contribution in [0.2, 0.25) is 0 Å². The monoisotopic (exact) mass is 343 g/mol.